The van der Waals surface area contributed by atoms with E-state index in [0.717, 1.165) is 20.9 Å². The van der Waals surface area contributed by atoms with Gasteiger partial charge in [-0.1, -0.05) is 94.4 Å². The van der Waals surface area contributed by atoms with E-state index in [9.17, 15) is 58.5 Å². The molecule has 0 fully saturated rings. The summed E-state index contributed by atoms with van der Waals surface area (Å²) in [4.78, 5) is 113. The monoisotopic (exact) mass is 1270 g/mol. The van der Waals surface area contributed by atoms with Crippen LogP contribution in [0.25, 0.3) is 0 Å². The van der Waals surface area contributed by atoms with E-state index in [-0.39, 0.29) is 63.5 Å². The predicted octanol–water partition coefficient (Wildman–Crippen LogP) is 7.95. The predicted molar refractivity (Wildman–Crippen MR) is 320 cm³/mol. The second-order valence-corrected chi connectivity index (χ2v) is 21.8. The standard InChI is InChI=1S/C21H27N3O5S.C19H19Cl2N3O4.C15H14Cl2N4O4S/c1-12(2)29-15-8-13(3)18(14(4)9-15)19(25)24-17(20(26)27)11-23-21(28)22-10-16-6-5-7-30-16;1-11-5-7-12(8-6-11)9-22-19(28)23-10-15(18(26)27)24-17(25)16-13(20)3-2-4-14(16)21;16-9-5-18-6-10(17)12(9)13(22)21-11(14(23)24)7-20-15(25)19-4-8-2-1-3-26-8/h5-9,12,17H,10-11H2,1-4H3,(H,24,25)(H,26,27)(H2,22,23,28);2-8,15H,9-10H2,1H3,(H,24,25)(H,26,27)(H2,22,23,28);1-3,5-6,11H,4,7H2,(H,21,22)(H,23,24)(H2,19,20,25)/t17-;15-;11-/m000/s1. The third kappa shape index (κ3) is 23.2. The van der Waals surface area contributed by atoms with Crippen molar-refractivity contribution in [1.82, 2.24) is 52.8 Å². The normalized spacial score (nSPS) is 11.5. The Labute approximate surface area is 510 Å². The van der Waals surface area contributed by atoms with Crippen molar-refractivity contribution in [3.8, 4) is 5.75 Å². The molecule has 0 spiro atoms. The van der Waals surface area contributed by atoms with Gasteiger partial charge in [-0.15, -0.1) is 22.7 Å². The van der Waals surface area contributed by atoms with Crippen LogP contribution >= 0.6 is 69.1 Å². The minimum atomic E-state index is -1.37. The molecule has 12 N–H and O–H groups in total. The van der Waals surface area contributed by atoms with E-state index < -0.39 is 71.8 Å². The van der Waals surface area contributed by atoms with E-state index in [1.807, 2.05) is 80.1 Å². The van der Waals surface area contributed by atoms with Crippen LogP contribution in [0.3, 0.4) is 0 Å². The van der Waals surface area contributed by atoms with Gasteiger partial charge >= 0.3 is 36.0 Å². The molecule has 29 heteroatoms. The van der Waals surface area contributed by atoms with E-state index in [4.69, 9.17) is 51.1 Å². The summed E-state index contributed by atoms with van der Waals surface area (Å²) in [6.07, 6.45) is 2.43. The van der Waals surface area contributed by atoms with Gasteiger partial charge < -0.3 is 67.9 Å². The third-order valence-corrected chi connectivity index (χ3v) is 14.1. The molecule has 0 radical (unpaired) electrons. The Hall–Kier alpha value is -8.20. The summed E-state index contributed by atoms with van der Waals surface area (Å²) >= 11 is 26.6. The molecule has 84 heavy (non-hydrogen) atoms. The van der Waals surface area contributed by atoms with Gasteiger partial charge in [0.25, 0.3) is 17.7 Å². The molecule has 0 bridgehead atoms. The van der Waals surface area contributed by atoms with Gasteiger partial charge in [0.1, 0.15) is 23.9 Å². The largest absolute Gasteiger partial charge is 0.491 e. The number of aromatic nitrogens is 1. The summed E-state index contributed by atoms with van der Waals surface area (Å²) < 4.78 is 5.67. The van der Waals surface area contributed by atoms with Crippen molar-refractivity contribution in [2.24, 2.45) is 0 Å². The number of rotatable bonds is 23. The van der Waals surface area contributed by atoms with Crippen LogP contribution < -0.4 is 52.6 Å². The quantitative estimate of drug-likeness (QED) is 0.0290. The molecule has 0 saturated heterocycles. The molecule has 23 nitrogen and oxygen atoms in total. The minimum absolute atomic E-state index is 0.00287. The fraction of sp³-hybridized carbons (Fsp3) is 0.273. The summed E-state index contributed by atoms with van der Waals surface area (Å²) in [5.74, 6) is -5.27. The first-order valence-electron chi connectivity index (χ1n) is 25.1. The Bertz CT molecular complexity index is 3190. The van der Waals surface area contributed by atoms with E-state index in [1.165, 1.54) is 47.2 Å². The van der Waals surface area contributed by atoms with Gasteiger partial charge in [0.2, 0.25) is 0 Å². The minimum Gasteiger partial charge on any atom is -0.491 e. The van der Waals surface area contributed by atoms with Crippen molar-refractivity contribution in [3.05, 3.63) is 171 Å². The number of nitrogens with zero attached hydrogens (tertiary/aromatic N) is 1. The number of aryl methyl sites for hydroxylation is 3. The van der Waals surface area contributed by atoms with Crippen molar-refractivity contribution < 1.29 is 63.2 Å². The maximum Gasteiger partial charge on any atom is 0.328 e. The fourth-order valence-electron chi connectivity index (χ4n) is 7.08. The average Bonchev–Trinajstić information content (AvgIpc) is 4.01. The van der Waals surface area contributed by atoms with Gasteiger partial charge in [-0.2, -0.15) is 0 Å². The van der Waals surface area contributed by atoms with Gasteiger partial charge in [0.05, 0.1) is 70.0 Å². The van der Waals surface area contributed by atoms with Crippen LogP contribution in [0.4, 0.5) is 14.4 Å². The van der Waals surface area contributed by atoms with E-state index in [0.29, 0.717) is 35.5 Å². The highest BCUT2D eigenvalue weighted by Gasteiger charge is 2.27. The summed E-state index contributed by atoms with van der Waals surface area (Å²) in [5.41, 5.74) is 3.63. The van der Waals surface area contributed by atoms with Crippen molar-refractivity contribution in [3.63, 3.8) is 0 Å². The molecule has 448 valence electrons. The smallest absolute Gasteiger partial charge is 0.328 e. The zero-order valence-electron chi connectivity index (χ0n) is 45.6. The second-order valence-electron chi connectivity index (χ2n) is 18.1. The molecule has 0 saturated carbocycles. The molecule has 3 heterocycles. The van der Waals surface area contributed by atoms with Crippen molar-refractivity contribution in [2.45, 2.75) is 78.5 Å². The number of carbonyl (C=O) groups is 9. The first-order chi connectivity index (χ1) is 39.8. The first kappa shape index (κ1) is 68.3. The molecule has 3 atom stereocenters. The fourth-order valence-corrected chi connectivity index (χ4v) is 9.47. The number of benzene rings is 3. The van der Waals surface area contributed by atoms with Crippen LogP contribution in [0.15, 0.2) is 102 Å². The maximum absolute atomic E-state index is 12.7. The molecule has 0 aliphatic carbocycles. The van der Waals surface area contributed by atoms with E-state index in [1.54, 1.807) is 32.0 Å². The zero-order chi connectivity index (χ0) is 62.0. The molecule has 3 aromatic carbocycles. The van der Waals surface area contributed by atoms with Crippen LogP contribution in [0.1, 0.15) is 76.9 Å². The molecular formula is C55H60Cl4N10O13S2. The van der Waals surface area contributed by atoms with Crippen LogP contribution in [0.2, 0.25) is 20.1 Å². The van der Waals surface area contributed by atoms with Crippen LogP contribution in [0.5, 0.6) is 5.75 Å². The Morgan fingerprint density at radius 1 is 0.500 bits per heavy atom. The number of hydrogen-bond donors (Lipinski definition) is 12. The highest BCUT2D eigenvalue weighted by atomic mass is 35.5. The van der Waals surface area contributed by atoms with Crippen molar-refractivity contribution >= 4 is 123 Å². The number of urea groups is 3. The Balaban J connectivity index is 0.000000271. The van der Waals surface area contributed by atoms with Gasteiger partial charge in [0, 0.05) is 34.3 Å². The van der Waals surface area contributed by atoms with E-state index >= 15 is 0 Å². The van der Waals surface area contributed by atoms with Crippen LogP contribution in [-0.2, 0) is 34.0 Å². The number of thiophene rings is 2. The Kier molecular flexibility index (Phi) is 28.0. The number of carboxylic acid groups (broad SMARTS) is 3. The molecular weight excluding hydrogens is 1210 g/mol. The van der Waals surface area contributed by atoms with Crippen LogP contribution in [0, 0.1) is 20.8 Å². The second kappa shape index (κ2) is 34.4. The lowest BCUT2D eigenvalue weighted by Gasteiger charge is -2.18. The number of pyridine rings is 1. The molecule has 6 rings (SSSR count). The summed E-state index contributed by atoms with van der Waals surface area (Å²) in [7, 11) is 0. The topological polar surface area (TPSA) is 345 Å². The SMILES string of the molecule is Cc1cc(OC(C)C)cc(C)c1C(=O)N[C@@H](CNC(=O)NCc1cccs1)C(=O)O.Cc1ccc(CNC(=O)NC[C@H](NC(=O)c2c(Cl)cccc2Cl)C(=O)O)cc1.O=C(NCc1cccs1)NC[C@H](NC(=O)c1c(Cl)cncc1Cl)C(=O)O. The lowest BCUT2D eigenvalue weighted by molar-refractivity contribution is -0.140. The Morgan fingerprint density at radius 2 is 0.881 bits per heavy atom. The number of hydrogen-bond acceptors (Lipinski definition) is 13. The zero-order valence-corrected chi connectivity index (χ0v) is 50.2. The number of aliphatic carboxylic acids is 3. The van der Waals surface area contributed by atoms with Gasteiger partial charge in [-0.05, 0) is 98.5 Å². The highest BCUT2D eigenvalue weighted by molar-refractivity contribution is 7.10. The van der Waals surface area contributed by atoms with Gasteiger partial charge in [0.15, 0.2) is 0 Å². The van der Waals surface area contributed by atoms with Crippen molar-refractivity contribution in [1.29, 1.82) is 0 Å². The van der Waals surface area contributed by atoms with Crippen molar-refractivity contribution in [2.75, 3.05) is 19.6 Å². The summed E-state index contributed by atoms with van der Waals surface area (Å²) in [5, 5.41) is 54.1. The summed E-state index contributed by atoms with van der Waals surface area (Å²) in [6, 6.07) is 17.4. The van der Waals surface area contributed by atoms with Gasteiger partial charge in [-0.25, -0.2) is 28.8 Å². The number of carboxylic acids is 3. The first-order valence-corrected chi connectivity index (χ1v) is 28.4. The average molecular weight is 1280 g/mol. The van der Waals surface area contributed by atoms with E-state index in [2.05, 4.69) is 52.8 Å². The highest BCUT2D eigenvalue weighted by Crippen LogP contribution is 2.26. The number of ether oxygens (including phenoxy) is 1. The molecule has 3 aromatic heterocycles. The number of halogens is 4. The summed E-state index contributed by atoms with van der Waals surface area (Å²) in [6.45, 7) is 9.36. The molecule has 0 unspecified atom stereocenters. The van der Waals surface area contributed by atoms with Crippen LogP contribution in [-0.4, -0.2) is 118 Å². The molecule has 6 aromatic rings. The van der Waals surface area contributed by atoms with Gasteiger partial charge in [-0.3, -0.25) is 19.4 Å². The number of nitrogens with one attached hydrogen (secondary N) is 9. The molecule has 9 amide bonds. The molecule has 0 aliphatic heterocycles. The number of carbonyl (C=O) groups excluding carboxylic acids is 6. The number of amides is 9. The lowest BCUT2D eigenvalue weighted by atomic mass is 10.0. The lowest BCUT2D eigenvalue weighted by Crippen LogP contribution is -2.50. The Morgan fingerprint density at radius 3 is 1.25 bits per heavy atom. The third-order valence-electron chi connectivity index (χ3n) is 11.2. The molecule has 0 aliphatic rings. The maximum atomic E-state index is 12.7.